The maximum absolute atomic E-state index is 11.5. The third kappa shape index (κ3) is 3.84. The first-order chi connectivity index (χ1) is 9.00. The van der Waals surface area contributed by atoms with Gasteiger partial charge in [-0.05, 0) is 24.6 Å². The van der Waals surface area contributed by atoms with Gasteiger partial charge >= 0.3 is 0 Å². The monoisotopic (exact) mass is 285 g/mol. The standard InChI is InChI=1S/C13H19NO4S/c1-3-19(15,16)8-10(2)14-7-11-4-5-12-13(6-11)18-9-17-12/h4-6,10,14H,3,7-9H2,1-2H3. The number of nitrogens with one attached hydrogen (secondary N) is 1. The third-order valence-electron chi connectivity index (χ3n) is 3.04. The molecule has 0 fully saturated rings. The Morgan fingerprint density at radius 2 is 2.05 bits per heavy atom. The maximum atomic E-state index is 11.5. The van der Waals surface area contributed by atoms with Crippen LogP contribution in [0.3, 0.4) is 0 Å². The highest BCUT2D eigenvalue weighted by Gasteiger charge is 2.15. The SMILES string of the molecule is CCS(=O)(=O)CC(C)NCc1ccc2c(c1)OCO2. The summed E-state index contributed by atoms with van der Waals surface area (Å²) in [6, 6.07) is 5.65. The quantitative estimate of drug-likeness (QED) is 0.854. The number of fused-ring (bicyclic) bond motifs is 1. The summed E-state index contributed by atoms with van der Waals surface area (Å²) in [5.74, 6) is 1.84. The van der Waals surface area contributed by atoms with Gasteiger partial charge in [-0.3, -0.25) is 0 Å². The van der Waals surface area contributed by atoms with Gasteiger partial charge < -0.3 is 14.8 Å². The van der Waals surface area contributed by atoms with Gasteiger partial charge in [-0.15, -0.1) is 0 Å². The molecule has 0 aliphatic carbocycles. The molecule has 1 aromatic rings. The van der Waals surface area contributed by atoms with Crippen LogP contribution < -0.4 is 14.8 Å². The zero-order chi connectivity index (χ0) is 13.9. The summed E-state index contributed by atoms with van der Waals surface area (Å²) in [5.41, 5.74) is 1.05. The second-order valence-corrected chi connectivity index (χ2v) is 7.07. The fraction of sp³-hybridized carbons (Fsp3) is 0.538. The summed E-state index contributed by atoms with van der Waals surface area (Å²) in [4.78, 5) is 0. The van der Waals surface area contributed by atoms with E-state index in [1.165, 1.54) is 0 Å². The maximum Gasteiger partial charge on any atom is 0.231 e. The molecule has 0 aromatic heterocycles. The average Bonchev–Trinajstić information content (AvgIpc) is 2.83. The summed E-state index contributed by atoms with van der Waals surface area (Å²) in [6.45, 7) is 4.41. The minimum atomic E-state index is -2.94. The molecule has 0 saturated heterocycles. The van der Waals surface area contributed by atoms with E-state index in [0.717, 1.165) is 17.1 Å². The highest BCUT2D eigenvalue weighted by molar-refractivity contribution is 7.91. The molecule has 2 rings (SSSR count). The van der Waals surface area contributed by atoms with E-state index in [2.05, 4.69) is 5.32 Å². The summed E-state index contributed by atoms with van der Waals surface area (Å²) < 4.78 is 33.5. The van der Waals surface area contributed by atoms with Gasteiger partial charge in [0.15, 0.2) is 21.3 Å². The predicted octanol–water partition coefficient (Wildman–Crippen LogP) is 1.33. The topological polar surface area (TPSA) is 64.6 Å². The van der Waals surface area contributed by atoms with Crippen LogP contribution in [0.4, 0.5) is 0 Å². The van der Waals surface area contributed by atoms with Crippen LogP contribution in [0.15, 0.2) is 18.2 Å². The van der Waals surface area contributed by atoms with Crippen molar-refractivity contribution in [2.24, 2.45) is 0 Å². The van der Waals surface area contributed by atoms with Gasteiger partial charge in [0.25, 0.3) is 0 Å². The zero-order valence-corrected chi connectivity index (χ0v) is 12.0. The number of rotatable bonds is 6. The first kappa shape index (κ1) is 14.1. The minimum Gasteiger partial charge on any atom is -0.454 e. The van der Waals surface area contributed by atoms with Crippen LogP contribution in [-0.4, -0.2) is 32.8 Å². The molecular weight excluding hydrogens is 266 g/mol. The molecule has 0 radical (unpaired) electrons. The van der Waals surface area contributed by atoms with E-state index < -0.39 is 9.84 Å². The molecule has 1 heterocycles. The largest absolute Gasteiger partial charge is 0.454 e. The molecule has 0 amide bonds. The van der Waals surface area contributed by atoms with E-state index in [1.54, 1.807) is 6.92 Å². The van der Waals surface area contributed by atoms with Crippen molar-refractivity contribution in [3.8, 4) is 11.5 Å². The average molecular weight is 285 g/mol. The lowest BCUT2D eigenvalue weighted by Gasteiger charge is -2.13. The van der Waals surface area contributed by atoms with Gasteiger partial charge in [-0.2, -0.15) is 0 Å². The highest BCUT2D eigenvalue weighted by Crippen LogP contribution is 2.32. The van der Waals surface area contributed by atoms with E-state index in [0.29, 0.717) is 6.54 Å². The van der Waals surface area contributed by atoms with E-state index in [9.17, 15) is 8.42 Å². The number of ether oxygens (including phenoxy) is 2. The normalized spacial score (nSPS) is 15.5. The molecule has 1 aliphatic heterocycles. The van der Waals surface area contributed by atoms with Crippen LogP contribution in [0, 0.1) is 0 Å². The number of benzene rings is 1. The van der Waals surface area contributed by atoms with Crippen molar-refractivity contribution in [3.63, 3.8) is 0 Å². The van der Waals surface area contributed by atoms with Gasteiger partial charge in [0.05, 0.1) is 5.75 Å². The van der Waals surface area contributed by atoms with Crippen LogP contribution in [0.2, 0.25) is 0 Å². The lowest BCUT2D eigenvalue weighted by Crippen LogP contribution is -2.33. The summed E-state index contributed by atoms with van der Waals surface area (Å²) >= 11 is 0. The van der Waals surface area contributed by atoms with Crippen LogP contribution in [0.1, 0.15) is 19.4 Å². The van der Waals surface area contributed by atoms with Crippen molar-refractivity contribution in [2.75, 3.05) is 18.3 Å². The van der Waals surface area contributed by atoms with Crippen molar-refractivity contribution < 1.29 is 17.9 Å². The van der Waals surface area contributed by atoms with Crippen molar-refractivity contribution in [1.82, 2.24) is 5.32 Å². The van der Waals surface area contributed by atoms with E-state index in [-0.39, 0.29) is 24.3 Å². The molecule has 5 nitrogen and oxygen atoms in total. The number of hydrogen-bond acceptors (Lipinski definition) is 5. The molecule has 0 saturated carbocycles. The van der Waals surface area contributed by atoms with Gasteiger partial charge in [0.2, 0.25) is 6.79 Å². The smallest absolute Gasteiger partial charge is 0.231 e. The van der Waals surface area contributed by atoms with E-state index in [4.69, 9.17) is 9.47 Å². The lowest BCUT2D eigenvalue weighted by atomic mass is 10.2. The van der Waals surface area contributed by atoms with Crippen LogP contribution in [0.25, 0.3) is 0 Å². The highest BCUT2D eigenvalue weighted by atomic mass is 32.2. The Kier molecular flexibility index (Phi) is 4.31. The number of sulfone groups is 1. The van der Waals surface area contributed by atoms with E-state index in [1.807, 2.05) is 25.1 Å². The van der Waals surface area contributed by atoms with Crippen molar-refractivity contribution >= 4 is 9.84 Å². The Bertz CT molecular complexity index is 542. The van der Waals surface area contributed by atoms with Crippen LogP contribution in [-0.2, 0) is 16.4 Å². The van der Waals surface area contributed by atoms with Crippen LogP contribution >= 0.6 is 0 Å². The summed E-state index contributed by atoms with van der Waals surface area (Å²) in [7, 11) is -2.94. The third-order valence-corrected chi connectivity index (χ3v) is 4.92. The first-order valence-corrected chi connectivity index (χ1v) is 8.14. The molecule has 0 bridgehead atoms. The Hall–Kier alpha value is -1.27. The molecule has 0 spiro atoms. The fourth-order valence-corrected chi connectivity index (χ4v) is 3.02. The molecular formula is C13H19NO4S. The fourth-order valence-electron chi connectivity index (χ4n) is 1.90. The predicted molar refractivity (Wildman–Crippen MR) is 73.2 cm³/mol. The molecule has 1 atom stereocenters. The molecule has 106 valence electrons. The Morgan fingerprint density at radius 3 is 2.79 bits per heavy atom. The first-order valence-electron chi connectivity index (χ1n) is 6.32. The molecule has 1 aromatic carbocycles. The van der Waals surface area contributed by atoms with Crippen LogP contribution in [0.5, 0.6) is 11.5 Å². The number of hydrogen-bond donors (Lipinski definition) is 1. The van der Waals surface area contributed by atoms with Gasteiger partial charge in [0, 0.05) is 18.3 Å². The zero-order valence-electron chi connectivity index (χ0n) is 11.2. The molecule has 1 unspecified atom stereocenters. The minimum absolute atomic E-state index is 0.0737. The van der Waals surface area contributed by atoms with Gasteiger partial charge in [0.1, 0.15) is 0 Å². The van der Waals surface area contributed by atoms with Crippen molar-refractivity contribution in [3.05, 3.63) is 23.8 Å². The molecule has 1 aliphatic rings. The molecule has 1 N–H and O–H groups in total. The van der Waals surface area contributed by atoms with Crippen molar-refractivity contribution in [1.29, 1.82) is 0 Å². The molecule has 6 heteroatoms. The Labute approximate surface area is 113 Å². The van der Waals surface area contributed by atoms with Gasteiger partial charge in [-0.25, -0.2) is 8.42 Å². The second kappa shape index (κ2) is 5.79. The van der Waals surface area contributed by atoms with Crippen molar-refractivity contribution in [2.45, 2.75) is 26.4 Å². The van der Waals surface area contributed by atoms with E-state index >= 15 is 0 Å². The lowest BCUT2D eigenvalue weighted by molar-refractivity contribution is 0.174. The Balaban J connectivity index is 1.89. The Morgan fingerprint density at radius 1 is 1.32 bits per heavy atom. The van der Waals surface area contributed by atoms with Gasteiger partial charge in [-0.1, -0.05) is 13.0 Å². The molecule has 19 heavy (non-hydrogen) atoms. The summed E-state index contributed by atoms with van der Waals surface area (Å²) in [5, 5.41) is 3.20. The second-order valence-electron chi connectivity index (χ2n) is 4.67. The summed E-state index contributed by atoms with van der Waals surface area (Å²) in [6.07, 6.45) is 0.